The van der Waals surface area contributed by atoms with Gasteiger partial charge in [0.25, 0.3) is 0 Å². The molecule has 1 aromatic heterocycles. The van der Waals surface area contributed by atoms with E-state index in [-0.39, 0.29) is 5.82 Å². The molecule has 0 saturated carbocycles. The Kier molecular flexibility index (Phi) is 4.74. The highest BCUT2D eigenvalue weighted by Crippen LogP contribution is 2.23. The fraction of sp³-hybridized carbons (Fsp3) is 0.375. The zero-order valence-electron chi connectivity index (χ0n) is 11.4. The van der Waals surface area contributed by atoms with Crippen LogP contribution in [0.1, 0.15) is 26.0 Å². The molecule has 0 aliphatic heterocycles. The fourth-order valence-electron chi connectivity index (χ4n) is 2.09. The average molecular weight is 261 g/mol. The van der Waals surface area contributed by atoms with Crippen molar-refractivity contribution in [1.29, 1.82) is 0 Å². The Morgan fingerprint density at radius 2 is 1.89 bits per heavy atom. The van der Waals surface area contributed by atoms with Gasteiger partial charge in [-0.2, -0.15) is 0 Å². The van der Waals surface area contributed by atoms with Crippen LogP contribution >= 0.6 is 0 Å². The van der Waals surface area contributed by atoms with E-state index in [9.17, 15) is 4.39 Å². The molecule has 2 nitrogen and oxygen atoms in total. The molecule has 0 spiro atoms. The summed E-state index contributed by atoms with van der Waals surface area (Å²) < 4.78 is 18.6. The van der Waals surface area contributed by atoms with Crippen LogP contribution in [0.2, 0.25) is 0 Å². The van der Waals surface area contributed by atoms with Crippen LogP contribution < -0.4 is 5.32 Å². The van der Waals surface area contributed by atoms with Crippen LogP contribution in [0.15, 0.2) is 40.8 Å². The molecule has 0 bridgehead atoms. The largest absolute Gasteiger partial charge is 0.461 e. The van der Waals surface area contributed by atoms with Crippen molar-refractivity contribution in [3.8, 4) is 11.3 Å². The molecular weight excluding hydrogens is 241 g/mol. The van der Waals surface area contributed by atoms with Crippen LogP contribution in [-0.4, -0.2) is 12.6 Å². The Bertz CT molecular complexity index is 504. The summed E-state index contributed by atoms with van der Waals surface area (Å²) in [7, 11) is 0. The molecule has 0 aliphatic carbocycles. The van der Waals surface area contributed by atoms with Crippen LogP contribution in [-0.2, 0) is 6.42 Å². The number of benzene rings is 1. The lowest BCUT2D eigenvalue weighted by Gasteiger charge is -2.10. The van der Waals surface area contributed by atoms with Gasteiger partial charge in [-0.1, -0.05) is 6.92 Å². The van der Waals surface area contributed by atoms with Crippen LogP contribution in [0, 0.1) is 5.82 Å². The predicted octanol–water partition coefficient (Wildman–Crippen LogP) is 4.02. The van der Waals surface area contributed by atoms with E-state index in [1.165, 1.54) is 12.1 Å². The third kappa shape index (κ3) is 3.93. The molecule has 1 heterocycles. The maximum Gasteiger partial charge on any atom is 0.134 e. The highest BCUT2D eigenvalue weighted by atomic mass is 19.1. The smallest absolute Gasteiger partial charge is 0.134 e. The Hall–Kier alpha value is -1.61. The monoisotopic (exact) mass is 261 g/mol. The van der Waals surface area contributed by atoms with Crippen LogP contribution in [0.5, 0.6) is 0 Å². The van der Waals surface area contributed by atoms with E-state index in [2.05, 4.69) is 19.2 Å². The minimum absolute atomic E-state index is 0.227. The first-order chi connectivity index (χ1) is 9.19. The van der Waals surface area contributed by atoms with Gasteiger partial charge in [-0.15, -0.1) is 0 Å². The third-order valence-corrected chi connectivity index (χ3v) is 3.17. The summed E-state index contributed by atoms with van der Waals surface area (Å²) in [5.74, 6) is 1.55. The van der Waals surface area contributed by atoms with Crippen molar-refractivity contribution in [2.24, 2.45) is 0 Å². The first-order valence-electron chi connectivity index (χ1n) is 6.77. The van der Waals surface area contributed by atoms with Crippen molar-refractivity contribution in [1.82, 2.24) is 5.32 Å². The molecule has 2 aromatic rings. The van der Waals surface area contributed by atoms with Crippen molar-refractivity contribution >= 4 is 0 Å². The molecule has 3 heteroatoms. The summed E-state index contributed by atoms with van der Waals surface area (Å²) in [6, 6.07) is 10.8. The lowest BCUT2D eigenvalue weighted by atomic mass is 10.1. The molecule has 0 saturated heterocycles. The third-order valence-electron chi connectivity index (χ3n) is 3.17. The molecular formula is C16H20FNO. The van der Waals surface area contributed by atoms with Gasteiger partial charge in [-0.3, -0.25) is 0 Å². The number of nitrogens with one attached hydrogen (secondary N) is 1. The van der Waals surface area contributed by atoms with Crippen molar-refractivity contribution < 1.29 is 8.81 Å². The quantitative estimate of drug-likeness (QED) is 0.849. The molecule has 2 rings (SSSR count). The molecule has 0 fully saturated rings. The second-order valence-corrected chi connectivity index (χ2v) is 4.77. The molecule has 19 heavy (non-hydrogen) atoms. The van der Waals surface area contributed by atoms with E-state index in [1.807, 2.05) is 12.1 Å². The fourth-order valence-corrected chi connectivity index (χ4v) is 2.09. The number of halogens is 1. The summed E-state index contributed by atoms with van der Waals surface area (Å²) in [4.78, 5) is 0. The maximum absolute atomic E-state index is 12.9. The molecule has 102 valence electrons. The van der Waals surface area contributed by atoms with Gasteiger partial charge in [0.2, 0.25) is 0 Å². The van der Waals surface area contributed by atoms with Gasteiger partial charge >= 0.3 is 0 Å². The minimum Gasteiger partial charge on any atom is -0.461 e. The highest BCUT2D eigenvalue weighted by Gasteiger charge is 2.07. The van der Waals surface area contributed by atoms with Gasteiger partial charge < -0.3 is 9.73 Å². The number of furan rings is 1. The molecule has 0 amide bonds. The standard InChI is InChI=1S/C16H20FNO/c1-3-18-12(2)4-9-15-10-11-16(19-15)13-5-7-14(17)8-6-13/h5-8,10-12,18H,3-4,9H2,1-2H3. The molecule has 0 radical (unpaired) electrons. The second-order valence-electron chi connectivity index (χ2n) is 4.77. The van der Waals surface area contributed by atoms with E-state index in [0.29, 0.717) is 6.04 Å². The van der Waals surface area contributed by atoms with Gasteiger partial charge in [0, 0.05) is 18.0 Å². The van der Waals surface area contributed by atoms with E-state index in [4.69, 9.17) is 4.42 Å². The van der Waals surface area contributed by atoms with Crippen molar-refractivity contribution in [3.63, 3.8) is 0 Å². The number of hydrogen-bond donors (Lipinski definition) is 1. The van der Waals surface area contributed by atoms with Gasteiger partial charge in [0.1, 0.15) is 17.3 Å². The average Bonchev–Trinajstić information content (AvgIpc) is 2.86. The minimum atomic E-state index is -0.227. The van der Waals surface area contributed by atoms with E-state index < -0.39 is 0 Å². The Balaban J connectivity index is 1.97. The molecule has 0 aliphatic rings. The first-order valence-corrected chi connectivity index (χ1v) is 6.77. The topological polar surface area (TPSA) is 25.2 Å². The zero-order valence-corrected chi connectivity index (χ0v) is 11.4. The summed E-state index contributed by atoms with van der Waals surface area (Å²) >= 11 is 0. The number of aryl methyl sites for hydroxylation is 1. The predicted molar refractivity (Wildman–Crippen MR) is 75.6 cm³/mol. The van der Waals surface area contributed by atoms with Crippen LogP contribution in [0.4, 0.5) is 4.39 Å². The molecule has 1 unspecified atom stereocenters. The van der Waals surface area contributed by atoms with Gasteiger partial charge in [0.05, 0.1) is 0 Å². The Morgan fingerprint density at radius 3 is 2.58 bits per heavy atom. The molecule has 1 atom stereocenters. The second kappa shape index (κ2) is 6.53. The highest BCUT2D eigenvalue weighted by molar-refractivity contribution is 5.57. The number of rotatable bonds is 6. The molecule has 1 N–H and O–H groups in total. The number of hydrogen-bond acceptors (Lipinski definition) is 2. The summed E-state index contributed by atoms with van der Waals surface area (Å²) in [5, 5.41) is 3.38. The van der Waals surface area contributed by atoms with Crippen molar-refractivity contribution in [3.05, 3.63) is 48.0 Å². The lowest BCUT2D eigenvalue weighted by molar-refractivity contribution is 0.472. The Morgan fingerprint density at radius 1 is 1.16 bits per heavy atom. The zero-order chi connectivity index (χ0) is 13.7. The summed E-state index contributed by atoms with van der Waals surface area (Å²) in [5.41, 5.74) is 0.910. The van der Waals surface area contributed by atoms with Gasteiger partial charge in [-0.25, -0.2) is 4.39 Å². The SMILES string of the molecule is CCNC(C)CCc1ccc(-c2ccc(F)cc2)o1. The van der Waals surface area contributed by atoms with E-state index in [1.54, 1.807) is 12.1 Å². The lowest BCUT2D eigenvalue weighted by Crippen LogP contribution is -2.25. The van der Waals surface area contributed by atoms with Crippen molar-refractivity contribution in [2.45, 2.75) is 32.7 Å². The van der Waals surface area contributed by atoms with Crippen LogP contribution in [0.25, 0.3) is 11.3 Å². The summed E-state index contributed by atoms with van der Waals surface area (Å²) in [6.07, 6.45) is 1.96. The molecule has 1 aromatic carbocycles. The first kappa shape index (κ1) is 13.8. The van der Waals surface area contributed by atoms with Gasteiger partial charge in [-0.05, 0) is 56.3 Å². The van der Waals surface area contributed by atoms with E-state index in [0.717, 1.165) is 36.5 Å². The van der Waals surface area contributed by atoms with Crippen LogP contribution in [0.3, 0.4) is 0 Å². The van der Waals surface area contributed by atoms with E-state index >= 15 is 0 Å². The Labute approximate surface area is 113 Å². The normalized spacial score (nSPS) is 12.6. The van der Waals surface area contributed by atoms with Gasteiger partial charge in [0.15, 0.2) is 0 Å². The maximum atomic E-state index is 12.9. The van der Waals surface area contributed by atoms with Crippen molar-refractivity contribution in [2.75, 3.05) is 6.54 Å². The summed E-state index contributed by atoms with van der Waals surface area (Å²) in [6.45, 7) is 5.27.